The Balaban J connectivity index is 1.27. The highest BCUT2D eigenvalue weighted by atomic mass is 16.5. The average Bonchev–Trinajstić information content (AvgIpc) is 3.30. The zero-order valence-electron chi connectivity index (χ0n) is 23.4. The van der Waals surface area contributed by atoms with Gasteiger partial charge in [0.25, 0.3) is 0 Å². The van der Waals surface area contributed by atoms with Gasteiger partial charge in [-0.25, -0.2) is 4.98 Å². The fourth-order valence-corrected chi connectivity index (χ4v) is 4.64. The lowest BCUT2D eigenvalue weighted by atomic mass is 10.0. The minimum atomic E-state index is -0.0192. The van der Waals surface area contributed by atoms with Crippen molar-refractivity contribution in [1.82, 2.24) is 14.9 Å². The van der Waals surface area contributed by atoms with E-state index < -0.39 is 0 Å². The second kappa shape index (κ2) is 13.7. The first-order chi connectivity index (χ1) is 19.0. The quantitative estimate of drug-likeness (QED) is 0.205. The summed E-state index contributed by atoms with van der Waals surface area (Å²) in [6.45, 7) is 6.43. The smallest absolute Gasteiger partial charge is 0.224 e. The summed E-state index contributed by atoms with van der Waals surface area (Å²) >= 11 is 0. The number of methoxy groups -OCH3 is 2. The van der Waals surface area contributed by atoms with E-state index in [0.29, 0.717) is 37.0 Å². The fourth-order valence-electron chi connectivity index (χ4n) is 4.64. The molecular weight excluding hydrogens is 490 g/mol. The van der Waals surface area contributed by atoms with Crippen molar-refractivity contribution < 1.29 is 19.0 Å². The van der Waals surface area contributed by atoms with Gasteiger partial charge < -0.3 is 24.1 Å². The van der Waals surface area contributed by atoms with Crippen LogP contribution in [0.3, 0.4) is 0 Å². The molecule has 3 aromatic carbocycles. The molecule has 4 aromatic rings. The van der Waals surface area contributed by atoms with Crippen LogP contribution in [0.15, 0.2) is 66.7 Å². The van der Waals surface area contributed by atoms with Crippen LogP contribution in [0.5, 0.6) is 17.2 Å². The predicted octanol–water partition coefficient (Wildman–Crippen LogP) is 5.94. The Morgan fingerprint density at radius 3 is 2.46 bits per heavy atom. The maximum absolute atomic E-state index is 12.5. The topological polar surface area (TPSA) is 74.6 Å². The number of aromatic nitrogens is 2. The van der Waals surface area contributed by atoms with Crippen LogP contribution >= 0.6 is 0 Å². The fraction of sp³-hybridized carbons (Fsp3) is 0.375. The molecule has 1 heterocycles. The Bertz CT molecular complexity index is 1360. The molecule has 1 amide bonds. The van der Waals surface area contributed by atoms with Gasteiger partial charge in [-0.05, 0) is 66.3 Å². The number of carbonyl (C=O) groups is 1. The molecular formula is C32H39N3O4. The van der Waals surface area contributed by atoms with Crippen LogP contribution in [0.25, 0.3) is 11.0 Å². The Morgan fingerprint density at radius 2 is 1.72 bits per heavy atom. The van der Waals surface area contributed by atoms with E-state index in [1.54, 1.807) is 14.2 Å². The molecule has 0 aliphatic rings. The highest BCUT2D eigenvalue weighted by Crippen LogP contribution is 2.27. The summed E-state index contributed by atoms with van der Waals surface area (Å²) in [5, 5.41) is 3.03. The van der Waals surface area contributed by atoms with Crippen LogP contribution in [0.4, 0.5) is 0 Å². The number of aryl methyl sites for hydroxylation is 2. The van der Waals surface area contributed by atoms with E-state index in [2.05, 4.69) is 41.9 Å². The standard InChI is InChI=1S/C32H39N3O4/c1-23(2)25-13-15-26(16-14-25)39-20-8-19-35-28-10-6-5-9-27(28)34-31(35)11-7-18-33-32(36)22-24-12-17-29(37-3)30(21-24)38-4/h5-6,9-10,12-17,21,23H,7-8,11,18-20,22H2,1-4H3,(H,33,36). The highest BCUT2D eigenvalue weighted by molar-refractivity contribution is 5.79. The molecule has 0 spiro atoms. The van der Waals surface area contributed by atoms with Gasteiger partial charge >= 0.3 is 0 Å². The Morgan fingerprint density at radius 1 is 0.949 bits per heavy atom. The molecule has 1 N–H and O–H groups in total. The molecule has 0 aliphatic heterocycles. The normalized spacial score (nSPS) is 11.1. The summed E-state index contributed by atoms with van der Waals surface area (Å²) in [7, 11) is 3.19. The summed E-state index contributed by atoms with van der Waals surface area (Å²) in [5.41, 5.74) is 4.32. The van der Waals surface area contributed by atoms with Crippen molar-refractivity contribution >= 4 is 16.9 Å². The number of nitrogens with zero attached hydrogens (tertiary/aromatic N) is 2. The number of carbonyl (C=O) groups excluding carboxylic acids is 1. The first-order valence-corrected chi connectivity index (χ1v) is 13.6. The highest BCUT2D eigenvalue weighted by Gasteiger charge is 2.12. The summed E-state index contributed by atoms with van der Waals surface area (Å²) < 4.78 is 18.9. The first kappa shape index (κ1) is 28.0. The molecule has 7 heteroatoms. The molecule has 0 aliphatic carbocycles. The number of nitrogens with one attached hydrogen (secondary N) is 1. The van der Waals surface area contributed by atoms with Gasteiger partial charge in [-0.15, -0.1) is 0 Å². The molecule has 0 fully saturated rings. The van der Waals surface area contributed by atoms with Crippen molar-refractivity contribution in [3.63, 3.8) is 0 Å². The SMILES string of the molecule is COc1ccc(CC(=O)NCCCc2nc3ccccc3n2CCCOc2ccc(C(C)C)cc2)cc1OC. The summed E-state index contributed by atoms with van der Waals surface area (Å²) in [6, 6.07) is 22.1. The van der Waals surface area contributed by atoms with Crippen molar-refractivity contribution in [2.24, 2.45) is 0 Å². The van der Waals surface area contributed by atoms with Crippen LogP contribution in [-0.4, -0.2) is 42.8 Å². The lowest BCUT2D eigenvalue weighted by molar-refractivity contribution is -0.120. The maximum Gasteiger partial charge on any atom is 0.224 e. The van der Waals surface area contributed by atoms with Crippen LogP contribution in [0, 0.1) is 0 Å². The molecule has 39 heavy (non-hydrogen) atoms. The molecule has 206 valence electrons. The van der Waals surface area contributed by atoms with E-state index in [1.165, 1.54) is 5.56 Å². The van der Waals surface area contributed by atoms with E-state index in [0.717, 1.165) is 54.0 Å². The van der Waals surface area contributed by atoms with E-state index in [-0.39, 0.29) is 5.91 Å². The second-order valence-corrected chi connectivity index (χ2v) is 9.91. The second-order valence-electron chi connectivity index (χ2n) is 9.91. The Labute approximate surface area is 231 Å². The van der Waals surface area contributed by atoms with Crippen LogP contribution in [0.2, 0.25) is 0 Å². The minimum absolute atomic E-state index is 0.0192. The first-order valence-electron chi connectivity index (χ1n) is 13.6. The lowest BCUT2D eigenvalue weighted by Gasteiger charge is -2.12. The minimum Gasteiger partial charge on any atom is -0.494 e. The van der Waals surface area contributed by atoms with Crippen LogP contribution < -0.4 is 19.5 Å². The van der Waals surface area contributed by atoms with E-state index in [9.17, 15) is 4.79 Å². The van der Waals surface area contributed by atoms with Gasteiger partial charge in [0.1, 0.15) is 11.6 Å². The molecule has 1 aromatic heterocycles. The number of hydrogen-bond acceptors (Lipinski definition) is 5. The Kier molecular flexibility index (Phi) is 9.84. The molecule has 0 saturated carbocycles. The van der Waals surface area contributed by atoms with Crippen molar-refractivity contribution in [2.75, 3.05) is 27.4 Å². The number of ether oxygens (including phenoxy) is 3. The predicted molar refractivity (Wildman–Crippen MR) is 155 cm³/mol. The third kappa shape index (κ3) is 7.53. The van der Waals surface area contributed by atoms with Gasteiger partial charge in [0.2, 0.25) is 5.91 Å². The zero-order chi connectivity index (χ0) is 27.6. The van der Waals surface area contributed by atoms with Gasteiger partial charge in [0.15, 0.2) is 11.5 Å². The third-order valence-corrected chi connectivity index (χ3v) is 6.79. The third-order valence-electron chi connectivity index (χ3n) is 6.79. The number of fused-ring (bicyclic) bond motifs is 1. The van der Waals surface area contributed by atoms with Crippen LogP contribution in [-0.2, 0) is 24.2 Å². The van der Waals surface area contributed by atoms with Crippen molar-refractivity contribution in [2.45, 2.75) is 52.0 Å². The number of imidazole rings is 1. The van der Waals surface area contributed by atoms with E-state index in [4.69, 9.17) is 19.2 Å². The molecule has 0 unspecified atom stereocenters. The zero-order valence-corrected chi connectivity index (χ0v) is 23.4. The van der Waals surface area contributed by atoms with Gasteiger partial charge in [-0.3, -0.25) is 4.79 Å². The van der Waals surface area contributed by atoms with E-state index >= 15 is 0 Å². The molecule has 0 saturated heterocycles. The van der Waals surface area contributed by atoms with E-state index in [1.807, 2.05) is 48.5 Å². The lowest BCUT2D eigenvalue weighted by Crippen LogP contribution is -2.26. The van der Waals surface area contributed by atoms with Crippen LogP contribution in [0.1, 0.15) is 49.6 Å². The number of para-hydroxylation sites is 2. The molecule has 0 bridgehead atoms. The van der Waals surface area contributed by atoms with Crippen molar-refractivity contribution in [3.8, 4) is 17.2 Å². The molecule has 4 rings (SSSR count). The molecule has 0 atom stereocenters. The number of hydrogen-bond donors (Lipinski definition) is 1. The largest absolute Gasteiger partial charge is 0.494 e. The van der Waals surface area contributed by atoms with Crippen molar-refractivity contribution in [1.29, 1.82) is 0 Å². The molecule has 0 radical (unpaired) electrons. The molecule has 7 nitrogen and oxygen atoms in total. The number of amides is 1. The maximum atomic E-state index is 12.5. The van der Waals surface area contributed by atoms with Gasteiger partial charge in [-0.1, -0.05) is 44.2 Å². The monoisotopic (exact) mass is 529 g/mol. The number of rotatable bonds is 14. The van der Waals surface area contributed by atoms with Gasteiger partial charge in [0.05, 0.1) is 38.3 Å². The van der Waals surface area contributed by atoms with Crippen molar-refractivity contribution in [3.05, 3.63) is 83.7 Å². The summed E-state index contributed by atoms with van der Waals surface area (Å²) in [5.74, 6) is 3.70. The summed E-state index contributed by atoms with van der Waals surface area (Å²) in [4.78, 5) is 17.4. The van der Waals surface area contributed by atoms with Gasteiger partial charge in [0, 0.05) is 19.5 Å². The average molecular weight is 530 g/mol. The Hall–Kier alpha value is -4.00. The van der Waals surface area contributed by atoms with Gasteiger partial charge in [-0.2, -0.15) is 0 Å². The number of benzene rings is 3. The summed E-state index contributed by atoms with van der Waals surface area (Å²) in [6.07, 6.45) is 2.75.